The van der Waals surface area contributed by atoms with E-state index >= 15 is 0 Å². The van der Waals surface area contributed by atoms with Crippen molar-refractivity contribution in [3.63, 3.8) is 0 Å². The van der Waals surface area contributed by atoms with Gasteiger partial charge in [-0.15, -0.1) is 0 Å². The van der Waals surface area contributed by atoms with E-state index in [1.807, 2.05) is 6.92 Å². The minimum Gasteiger partial charge on any atom is -0.465 e. The Morgan fingerprint density at radius 3 is 2.56 bits per heavy atom. The Hall–Kier alpha value is -0.530. The number of hydrogen-bond donors (Lipinski definition) is 0. The Morgan fingerprint density at radius 1 is 1.25 bits per heavy atom. The summed E-state index contributed by atoms with van der Waals surface area (Å²) in [6.45, 7) is 7.45. The third-order valence-corrected chi connectivity index (χ3v) is 4.95. The van der Waals surface area contributed by atoms with Crippen LogP contribution in [0.25, 0.3) is 0 Å². The summed E-state index contributed by atoms with van der Waals surface area (Å²) in [5.74, 6) is 4.06. The number of esters is 1. The van der Waals surface area contributed by atoms with Crippen LogP contribution in [0.3, 0.4) is 0 Å². The summed E-state index contributed by atoms with van der Waals surface area (Å²) >= 11 is 0. The first-order chi connectivity index (χ1) is 7.63. The maximum atomic E-state index is 11.3. The number of hydrogen-bond acceptors (Lipinski definition) is 2. The molecule has 0 saturated heterocycles. The zero-order valence-corrected chi connectivity index (χ0v) is 10.7. The molecule has 92 valence electrons. The van der Waals surface area contributed by atoms with E-state index in [0.717, 1.165) is 30.1 Å². The summed E-state index contributed by atoms with van der Waals surface area (Å²) in [6, 6.07) is 0. The van der Waals surface area contributed by atoms with E-state index in [-0.39, 0.29) is 5.97 Å². The standard InChI is InChI=1S/C14H24O2/c1-4-5-14(15)16-8-12-6-11-7-13(12)10(3)9(11)2/h9-13H,4-8H2,1-3H3/t9?,10?,11-,12?,13+/m0/s1. The van der Waals surface area contributed by atoms with E-state index < -0.39 is 0 Å². The van der Waals surface area contributed by atoms with Crippen LogP contribution in [-0.4, -0.2) is 12.6 Å². The highest BCUT2D eigenvalue weighted by atomic mass is 16.5. The van der Waals surface area contributed by atoms with Crippen LogP contribution >= 0.6 is 0 Å². The first kappa shape index (κ1) is 11.9. The van der Waals surface area contributed by atoms with Gasteiger partial charge in [-0.25, -0.2) is 0 Å². The van der Waals surface area contributed by atoms with Crippen molar-refractivity contribution in [2.24, 2.45) is 29.6 Å². The quantitative estimate of drug-likeness (QED) is 0.685. The SMILES string of the molecule is CCCC(=O)OCC1C[C@H]2C[C@@H]1C(C)C2C. The van der Waals surface area contributed by atoms with Gasteiger partial charge in [0.15, 0.2) is 0 Å². The first-order valence-corrected chi connectivity index (χ1v) is 6.79. The van der Waals surface area contributed by atoms with Crippen LogP contribution in [0.2, 0.25) is 0 Å². The molecule has 0 aromatic heterocycles. The van der Waals surface area contributed by atoms with Gasteiger partial charge in [-0.1, -0.05) is 20.8 Å². The van der Waals surface area contributed by atoms with Crippen molar-refractivity contribution < 1.29 is 9.53 Å². The van der Waals surface area contributed by atoms with Crippen molar-refractivity contribution in [3.05, 3.63) is 0 Å². The summed E-state index contributed by atoms with van der Waals surface area (Å²) in [4.78, 5) is 11.3. The average Bonchev–Trinajstić information content (AvgIpc) is 2.78. The lowest BCUT2D eigenvalue weighted by Gasteiger charge is -2.31. The molecule has 2 aliphatic rings. The van der Waals surface area contributed by atoms with Gasteiger partial charge in [0.1, 0.15) is 0 Å². The fourth-order valence-corrected chi connectivity index (χ4v) is 3.76. The molecular weight excluding hydrogens is 200 g/mol. The number of carbonyl (C=O) groups excluding carboxylic acids is 1. The molecule has 2 bridgehead atoms. The van der Waals surface area contributed by atoms with Crippen molar-refractivity contribution in [1.29, 1.82) is 0 Å². The molecule has 3 unspecified atom stereocenters. The molecule has 0 aromatic carbocycles. The molecule has 0 N–H and O–H groups in total. The van der Waals surface area contributed by atoms with E-state index in [9.17, 15) is 4.79 Å². The van der Waals surface area contributed by atoms with Crippen molar-refractivity contribution in [2.75, 3.05) is 6.61 Å². The Morgan fingerprint density at radius 2 is 2.00 bits per heavy atom. The second-order valence-corrected chi connectivity index (χ2v) is 5.81. The maximum Gasteiger partial charge on any atom is 0.305 e. The summed E-state index contributed by atoms with van der Waals surface area (Å²) in [6.07, 6.45) is 4.13. The van der Waals surface area contributed by atoms with Gasteiger partial charge in [-0.3, -0.25) is 4.79 Å². The van der Waals surface area contributed by atoms with E-state index in [0.29, 0.717) is 18.9 Å². The summed E-state index contributed by atoms with van der Waals surface area (Å²) in [5.41, 5.74) is 0. The van der Waals surface area contributed by atoms with E-state index in [2.05, 4.69) is 13.8 Å². The fourth-order valence-electron chi connectivity index (χ4n) is 3.76. The summed E-state index contributed by atoms with van der Waals surface area (Å²) in [5, 5.41) is 0. The number of carbonyl (C=O) groups is 1. The molecule has 2 aliphatic carbocycles. The molecule has 2 nitrogen and oxygen atoms in total. The van der Waals surface area contributed by atoms with Gasteiger partial charge in [-0.05, 0) is 48.9 Å². The van der Waals surface area contributed by atoms with Gasteiger partial charge in [0.25, 0.3) is 0 Å². The van der Waals surface area contributed by atoms with E-state index in [1.165, 1.54) is 12.8 Å². The molecule has 0 radical (unpaired) electrons. The Bertz CT molecular complexity index is 259. The third kappa shape index (κ3) is 2.11. The lowest BCUT2D eigenvalue weighted by molar-refractivity contribution is -0.145. The molecule has 2 rings (SSSR count). The predicted molar refractivity (Wildman–Crippen MR) is 63.9 cm³/mol. The largest absolute Gasteiger partial charge is 0.465 e. The molecule has 0 aliphatic heterocycles. The maximum absolute atomic E-state index is 11.3. The normalized spacial score (nSPS) is 41.3. The van der Waals surface area contributed by atoms with Gasteiger partial charge in [0.05, 0.1) is 6.61 Å². The van der Waals surface area contributed by atoms with Crippen LogP contribution in [0, 0.1) is 29.6 Å². The predicted octanol–water partition coefficient (Wildman–Crippen LogP) is 3.26. The smallest absolute Gasteiger partial charge is 0.305 e. The van der Waals surface area contributed by atoms with Crippen molar-refractivity contribution in [1.82, 2.24) is 0 Å². The van der Waals surface area contributed by atoms with Crippen LogP contribution < -0.4 is 0 Å². The number of rotatable bonds is 4. The zero-order chi connectivity index (χ0) is 11.7. The second kappa shape index (κ2) is 4.77. The minimum atomic E-state index is -0.00836. The average molecular weight is 224 g/mol. The molecule has 16 heavy (non-hydrogen) atoms. The van der Waals surface area contributed by atoms with Crippen LogP contribution in [0.15, 0.2) is 0 Å². The van der Waals surface area contributed by atoms with E-state index in [1.54, 1.807) is 0 Å². The lowest BCUT2D eigenvalue weighted by Crippen LogP contribution is -2.28. The zero-order valence-electron chi connectivity index (χ0n) is 10.7. The molecule has 0 amide bonds. The summed E-state index contributed by atoms with van der Waals surface area (Å²) in [7, 11) is 0. The van der Waals surface area contributed by atoms with Gasteiger partial charge >= 0.3 is 5.97 Å². The molecule has 0 heterocycles. The highest BCUT2D eigenvalue weighted by Crippen LogP contribution is 2.54. The monoisotopic (exact) mass is 224 g/mol. The Kier molecular flexibility index (Phi) is 3.56. The molecule has 0 spiro atoms. The second-order valence-electron chi connectivity index (χ2n) is 5.81. The lowest BCUT2D eigenvalue weighted by atomic mass is 9.76. The first-order valence-electron chi connectivity index (χ1n) is 6.79. The van der Waals surface area contributed by atoms with Crippen LogP contribution in [0.4, 0.5) is 0 Å². The molecular formula is C14H24O2. The Balaban J connectivity index is 1.79. The Labute approximate surface area is 98.7 Å². The van der Waals surface area contributed by atoms with Crippen LogP contribution in [0.1, 0.15) is 46.5 Å². The number of fused-ring (bicyclic) bond motifs is 2. The van der Waals surface area contributed by atoms with E-state index in [4.69, 9.17) is 4.74 Å². The van der Waals surface area contributed by atoms with Crippen LogP contribution in [-0.2, 0) is 9.53 Å². The molecule has 2 fully saturated rings. The van der Waals surface area contributed by atoms with Gasteiger partial charge < -0.3 is 4.74 Å². The third-order valence-electron chi connectivity index (χ3n) is 4.95. The minimum absolute atomic E-state index is 0.00836. The molecule has 0 aromatic rings. The van der Waals surface area contributed by atoms with Crippen LogP contribution in [0.5, 0.6) is 0 Å². The van der Waals surface area contributed by atoms with Crippen molar-refractivity contribution >= 4 is 5.97 Å². The van der Waals surface area contributed by atoms with Crippen molar-refractivity contribution in [3.8, 4) is 0 Å². The highest BCUT2D eigenvalue weighted by molar-refractivity contribution is 5.69. The fraction of sp³-hybridized carbons (Fsp3) is 0.929. The molecule has 2 saturated carbocycles. The highest BCUT2D eigenvalue weighted by Gasteiger charge is 2.48. The summed E-state index contributed by atoms with van der Waals surface area (Å²) < 4.78 is 5.36. The number of ether oxygens (including phenoxy) is 1. The van der Waals surface area contributed by atoms with Gasteiger partial charge in [-0.2, -0.15) is 0 Å². The van der Waals surface area contributed by atoms with Gasteiger partial charge in [0.2, 0.25) is 0 Å². The van der Waals surface area contributed by atoms with Gasteiger partial charge in [0, 0.05) is 6.42 Å². The van der Waals surface area contributed by atoms with Crippen molar-refractivity contribution in [2.45, 2.75) is 46.5 Å². The molecule has 5 atom stereocenters. The molecule has 2 heteroatoms. The topological polar surface area (TPSA) is 26.3 Å².